The van der Waals surface area contributed by atoms with Gasteiger partial charge in [-0.2, -0.15) is 18.4 Å². The molecule has 2 rings (SSSR count). The van der Waals surface area contributed by atoms with Crippen LogP contribution in [0.1, 0.15) is 5.56 Å². The van der Waals surface area contributed by atoms with Crippen LogP contribution in [-0.4, -0.2) is 18.0 Å². The van der Waals surface area contributed by atoms with Crippen molar-refractivity contribution in [3.05, 3.63) is 54.1 Å². The molecule has 9 heteroatoms. The lowest BCUT2D eigenvalue weighted by Crippen LogP contribution is -2.31. The fourth-order valence-corrected chi connectivity index (χ4v) is 2.42. The predicted octanol–water partition coefficient (Wildman–Crippen LogP) is 4.23. The second-order valence-electron chi connectivity index (χ2n) is 5.35. The molecule has 0 saturated heterocycles. The van der Waals surface area contributed by atoms with E-state index in [0.717, 1.165) is 18.2 Å². The number of methoxy groups -OCH3 is 1. The lowest BCUT2D eigenvalue weighted by atomic mass is 10.1. The predicted molar refractivity (Wildman–Crippen MR) is 98.4 cm³/mol. The normalized spacial score (nSPS) is 11.8. The summed E-state index contributed by atoms with van der Waals surface area (Å²) in [5, 5.41) is 14.3. The molecule has 0 fully saturated rings. The monoisotopic (exact) mass is 393 g/mol. The van der Waals surface area contributed by atoms with Gasteiger partial charge in [0.15, 0.2) is 5.92 Å². The molecule has 0 unspecified atom stereocenters. The molecule has 0 aliphatic rings. The summed E-state index contributed by atoms with van der Waals surface area (Å²) >= 11 is 5.10. The van der Waals surface area contributed by atoms with E-state index in [-0.39, 0.29) is 10.7 Å². The number of alkyl halides is 3. The fraction of sp³-hybridized carbons (Fsp3) is 0.167. The molecule has 0 aromatic heterocycles. The first-order valence-electron chi connectivity index (χ1n) is 7.57. The van der Waals surface area contributed by atoms with E-state index in [1.807, 2.05) is 0 Å². The molecular weight excluding hydrogens is 379 g/mol. The largest absolute Gasteiger partial charge is 0.497 e. The van der Waals surface area contributed by atoms with E-state index in [0.29, 0.717) is 11.4 Å². The lowest BCUT2D eigenvalue weighted by Gasteiger charge is -2.15. The Morgan fingerprint density at radius 2 is 1.78 bits per heavy atom. The minimum absolute atomic E-state index is 0.0840. The van der Waals surface area contributed by atoms with Crippen LogP contribution in [0.25, 0.3) is 0 Å². The number of hydrogen-bond acceptors (Lipinski definition) is 4. The van der Waals surface area contributed by atoms with E-state index < -0.39 is 23.6 Å². The zero-order valence-corrected chi connectivity index (χ0v) is 14.8. The average Bonchev–Trinajstić information content (AvgIpc) is 2.62. The molecule has 0 aliphatic heterocycles. The molecule has 2 N–H and O–H groups in total. The van der Waals surface area contributed by atoms with Gasteiger partial charge in [-0.15, -0.1) is 0 Å². The van der Waals surface area contributed by atoms with E-state index in [9.17, 15) is 23.2 Å². The van der Waals surface area contributed by atoms with Crippen LogP contribution in [0.5, 0.6) is 5.75 Å². The van der Waals surface area contributed by atoms with Gasteiger partial charge in [0.25, 0.3) is 0 Å². The number of carbonyl (C=O) groups is 1. The Kier molecular flexibility index (Phi) is 6.36. The van der Waals surface area contributed by atoms with Gasteiger partial charge in [0.2, 0.25) is 5.91 Å². The first kappa shape index (κ1) is 20.2. The Balaban J connectivity index is 2.11. The van der Waals surface area contributed by atoms with Gasteiger partial charge in [0.05, 0.1) is 18.7 Å². The number of hydrogen-bond donors (Lipinski definition) is 2. The van der Waals surface area contributed by atoms with Crippen molar-refractivity contribution in [2.75, 3.05) is 17.7 Å². The summed E-state index contributed by atoms with van der Waals surface area (Å²) in [6, 6.07) is 12.5. The summed E-state index contributed by atoms with van der Waals surface area (Å²) in [6.45, 7) is 0. The van der Waals surface area contributed by atoms with Crippen LogP contribution < -0.4 is 15.4 Å². The van der Waals surface area contributed by atoms with E-state index in [1.165, 1.54) is 13.2 Å². The van der Waals surface area contributed by atoms with E-state index >= 15 is 0 Å². The van der Waals surface area contributed by atoms with Crippen molar-refractivity contribution in [2.24, 2.45) is 5.92 Å². The Morgan fingerprint density at radius 3 is 2.37 bits per heavy atom. The Hall–Kier alpha value is -3.12. The maximum atomic E-state index is 12.8. The van der Waals surface area contributed by atoms with Crippen LogP contribution in [-0.2, 0) is 11.0 Å². The van der Waals surface area contributed by atoms with Crippen molar-refractivity contribution in [3.8, 4) is 11.8 Å². The minimum atomic E-state index is -4.54. The van der Waals surface area contributed by atoms with Crippen LogP contribution in [0.3, 0.4) is 0 Å². The Bertz CT molecular complexity index is 894. The number of amides is 1. The standard InChI is InChI=1S/C18H14F3N3O2S/c1-26-14-7-3-6-13(9-14)24-17(27)15(10-22)16(25)23-12-5-2-4-11(8-12)18(19,20)21/h2-9,15H,1H3,(H,23,25)(H,24,27)/t15-/m0/s1. The molecule has 2 aromatic rings. The molecule has 0 aliphatic carbocycles. The van der Waals surface area contributed by atoms with Gasteiger partial charge in [-0.05, 0) is 30.3 Å². The van der Waals surface area contributed by atoms with Gasteiger partial charge in [-0.1, -0.05) is 24.4 Å². The number of carbonyl (C=O) groups excluding carboxylic acids is 1. The van der Waals surface area contributed by atoms with Crippen molar-refractivity contribution >= 4 is 34.5 Å². The molecule has 0 spiro atoms. The minimum Gasteiger partial charge on any atom is -0.497 e. The maximum Gasteiger partial charge on any atom is 0.416 e. The van der Waals surface area contributed by atoms with Gasteiger partial charge in [-0.25, -0.2) is 0 Å². The van der Waals surface area contributed by atoms with Crippen LogP contribution >= 0.6 is 12.2 Å². The van der Waals surface area contributed by atoms with Gasteiger partial charge in [0, 0.05) is 17.4 Å². The van der Waals surface area contributed by atoms with Crippen LogP contribution in [0.4, 0.5) is 24.5 Å². The number of nitriles is 1. The van der Waals surface area contributed by atoms with Crippen molar-refractivity contribution in [3.63, 3.8) is 0 Å². The van der Waals surface area contributed by atoms with E-state index in [4.69, 9.17) is 17.0 Å². The maximum absolute atomic E-state index is 12.8. The first-order chi connectivity index (χ1) is 12.7. The zero-order chi connectivity index (χ0) is 20.0. The summed E-state index contributed by atoms with van der Waals surface area (Å²) in [5.41, 5.74) is -0.489. The van der Waals surface area contributed by atoms with Crippen molar-refractivity contribution < 1.29 is 22.7 Å². The molecule has 1 amide bonds. The second kappa shape index (κ2) is 8.51. The zero-order valence-electron chi connectivity index (χ0n) is 14.0. The van der Waals surface area contributed by atoms with Gasteiger partial charge in [-0.3, -0.25) is 4.79 Å². The van der Waals surface area contributed by atoms with Gasteiger partial charge < -0.3 is 15.4 Å². The third kappa shape index (κ3) is 5.43. The summed E-state index contributed by atoms with van der Waals surface area (Å²) in [5.74, 6) is -1.68. The third-order valence-corrected chi connectivity index (χ3v) is 3.79. The smallest absolute Gasteiger partial charge is 0.416 e. The average molecular weight is 393 g/mol. The molecule has 1 atom stereocenters. The Morgan fingerprint density at radius 1 is 1.15 bits per heavy atom. The van der Waals surface area contributed by atoms with Crippen LogP contribution in [0.15, 0.2) is 48.5 Å². The molecule has 2 aromatic carbocycles. The highest BCUT2D eigenvalue weighted by atomic mass is 32.1. The number of benzene rings is 2. The number of nitrogens with one attached hydrogen (secondary N) is 2. The van der Waals surface area contributed by atoms with E-state index in [1.54, 1.807) is 30.3 Å². The molecule has 140 valence electrons. The molecular formula is C18H14F3N3O2S. The molecule has 0 bridgehead atoms. The van der Waals surface area contributed by atoms with Gasteiger partial charge >= 0.3 is 6.18 Å². The van der Waals surface area contributed by atoms with Gasteiger partial charge in [0.1, 0.15) is 10.7 Å². The number of halogens is 3. The topological polar surface area (TPSA) is 74.1 Å². The molecule has 5 nitrogen and oxygen atoms in total. The summed E-state index contributed by atoms with van der Waals surface area (Å²) in [7, 11) is 1.48. The quantitative estimate of drug-likeness (QED) is 0.744. The third-order valence-electron chi connectivity index (χ3n) is 3.45. The first-order valence-corrected chi connectivity index (χ1v) is 7.98. The Labute approximate surface area is 158 Å². The lowest BCUT2D eigenvalue weighted by molar-refractivity contribution is -0.137. The molecule has 27 heavy (non-hydrogen) atoms. The summed E-state index contributed by atoms with van der Waals surface area (Å²) < 4.78 is 43.3. The SMILES string of the molecule is COc1cccc(NC(=S)[C@@H](C#N)C(=O)Nc2cccc(C(F)(F)F)c2)c1. The molecule has 0 saturated carbocycles. The highest BCUT2D eigenvalue weighted by Crippen LogP contribution is 2.30. The highest BCUT2D eigenvalue weighted by Gasteiger charge is 2.31. The van der Waals surface area contributed by atoms with E-state index in [2.05, 4.69) is 10.6 Å². The van der Waals surface area contributed by atoms with Crippen LogP contribution in [0.2, 0.25) is 0 Å². The van der Waals surface area contributed by atoms with Crippen molar-refractivity contribution in [2.45, 2.75) is 6.18 Å². The molecule has 0 heterocycles. The number of ether oxygens (including phenoxy) is 1. The summed E-state index contributed by atoms with van der Waals surface area (Å²) in [4.78, 5) is 12.2. The number of thiocarbonyl (C=S) groups is 1. The highest BCUT2D eigenvalue weighted by molar-refractivity contribution is 7.80. The number of rotatable bonds is 5. The van der Waals surface area contributed by atoms with Crippen molar-refractivity contribution in [1.29, 1.82) is 5.26 Å². The van der Waals surface area contributed by atoms with Crippen molar-refractivity contribution in [1.82, 2.24) is 0 Å². The summed E-state index contributed by atoms with van der Waals surface area (Å²) in [6.07, 6.45) is -4.54. The number of nitrogens with zero attached hydrogens (tertiary/aromatic N) is 1. The molecule has 0 radical (unpaired) electrons. The fourth-order valence-electron chi connectivity index (χ4n) is 2.14. The second-order valence-corrected chi connectivity index (χ2v) is 5.79. The van der Waals surface area contributed by atoms with Crippen LogP contribution in [0, 0.1) is 17.2 Å². The number of anilines is 2.